The van der Waals surface area contributed by atoms with E-state index < -0.39 is 0 Å². The third-order valence-corrected chi connectivity index (χ3v) is 17.4. The maximum atomic E-state index is 6.58. The summed E-state index contributed by atoms with van der Waals surface area (Å²) in [5, 5.41) is 5.20. The van der Waals surface area contributed by atoms with Crippen LogP contribution in [-0.2, 0) is 0 Å². The van der Waals surface area contributed by atoms with Crippen LogP contribution in [0.15, 0.2) is 91.4 Å². The van der Waals surface area contributed by atoms with Gasteiger partial charge in [-0.3, -0.25) is 15.0 Å². The van der Waals surface area contributed by atoms with Crippen molar-refractivity contribution in [3.05, 3.63) is 106 Å². The molecular formula is C70H110Cl3N9O3. The van der Waals surface area contributed by atoms with E-state index in [-0.39, 0.29) is 18.3 Å². The molecule has 0 radical (unpaired) electrons. The molecule has 0 bridgehead atoms. The molecule has 12 nitrogen and oxygen atoms in total. The van der Waals surface area contributed by atoms with Crippen LogP contribution in [0.2, 0.25) is 15.1 Å². The first-order valence-corrected chi connectivity index (χ1v) is 33.9. The van der Waals surface area contributed by atoms with Gasteiger partial charge in [0.2, 0.25) is 0 Å². The van der Waals surface area contributed by atoms with E-state index in [4.69, 9.17) is 49.0 Å². The zero-order chi connectivity index (χ0) is 61.8. The molecule has 0 saturated heterocycles. The lowest BCUT2D eigenvalue weighted by atomic mass is 10.0. The number of hydrogen-bond acceptors (Lipinski definition) is 12. The number of hydrogen-bond donors (Lipinski definition) is 0. The Labute approximate surface area is 530 Å². The van der Waals surface area contributed by atoms with Crippen molar-refractivity contribution in [3.8, 4) is 17.2 Å². The van der Waals surface area contributed by atoms with Gasteiger partial charge in [0.15, 0.2) is 0 Å². The number of unbranched alkanes of at least 4 members (excludes halogenated alkanes) is 2. The summed E-state index contributed by atoms with van der Waals surface area (Å²) >= 11 is 18.4. The van der Waals surface area contributed by atoms with Gasteiger partial charge in [0.1, 0.15) is 23.4 Å². The molecule has 0 aliphatic carbocycles. The van der Waals surface area contributed by atoms with Crippen molar-refractivity contribution >= 4 is 67.5 Å². The summed E-state index contributed by atoms with van der Waals surface area (Å²) in [4.78, 5) is 28.1. The molecule has 6 aromatic rings. The molecule has 3 aromatic heterocycles. The van der Waals surface area contributed by atoms with Gasteiger partial charge in [-0.25, -0.2) is 0 Å². The van der Waals surface area contributed by atoms with Gasteiger partial charge in [0.05, 0.1) is 28.8 Å². The summed E-state index contributed by atoms with van der Waals surface area (Å²) in [6.07, 6.45) is 17.5. The summed E-state index contributed by atoms with van der Waals surface area (Å²) in [5.74, 6) is 2.73. The van der Waals surface area contributed by atoms with Gasteiger partial charge in [0, 0.05) is 62.9 Å². The topological polar surface area (TPSA) is 85.8 Å². The van der Waals surface area contributed by atoms with Gasteiger partial charge in [-0.1, -0.05) is 118 Å². The number of benzene rings is 3. The van der Waals surface area contributed by atoms with Gasteiger partial charge >= 0.3 is 0 Å². The fourth-order valence-corrected chi connectivity index (χ4v) is 11.5. The van der Waals surface area contributed by atoms with E-state index >= 15 is 0 Å². The van der Waals surface area contributed by atoms with Crippen molar-refractivity contribution in [2.24, 2.45) is 0 Å². The average Bonchev–Trinajstić information content (AvgIpc) is 3.58. The second-order valence-corrected chi connectivity index (χ2v) is 23.3. The van der Waals surface area contributed by atoms with Crippen molar-refractivity contribution in [3.63, 3.8) is 0 Å². The van der Waals surface area contributed by atoms with Crippen LogP contribution in [0.3, 0.4) is 0 Å². The maximum Gasteiger partial charge on any atom is 0.130 e. The van der Waals surface area contributed by atoms with E-state index in [9.17, 15) is 0 Å². The second-order valence-electron chi connectivity index (χ2n) is 22.0. The molecule has 0 saturated carbocycles. The largest absolute Gasteiger partial charge is 0.490 e. The molecule has 474 valence electrons. The zero-order valence-electron chi connectivity index (χ0n) is 54.6. The van der Waals surface area contributed by atoms with Crippen LogP contribution in [-0.4, -0.2) is 180 Å². The quantitative estimate of drug-likeness (QED) is 0.0344. The van der Waals surface area contributed by atoms with Crippen LogP contribution in [0.25, 0.3) is 32.7 Å². The number of ether oxygens (including phenoxy) is 3. The second kappa shape index (κ2) is 42.7. The third-order valence-electron chi connectivity index (χ3n) is 16.7. The van der Waals surface area contributed by atoms with E-state index in [1.54, 1.807) is 6.20 Å². The highest BCUT2D eigenvalue weighted by molar-refractivity contribution is 6.32. The fourth-order valence-electron chi connectivity index (χ4n) is 11.0. The summed E-state index contributed by atoms with van der Waals surface area (Å²) in [7, 11) is 0. The van der Waals surface area contributed by atoms with Gasteiger partial charge in [-0.2, -0.15) is 0 Å². The van der Waals surface area contributed by atoms with Crippen LogP contribution in [0.1, 0.15) is 147 Å². The van der Waals surface area contributed by atoms with Crippen LogP contribution in [0.4, 0.5) is 0 Å². The number of pyridine rings is 3. The number of likely N-dealkylation sites (N-methyl/N-ethyl adjacent to an activating group) is 2. The van der Waals surface area contributed by atoms with E-state index in [0.717, 1.165) is 193 Å². The monoisotopic (exact) mass is 1230 g/mol. The SMILES string of the molecule is CCN(CC)CC(CN(CC)CC)Oc1ccnc2cc(Cl)ccc12.CCN(CC)CCCC(CCCN(CC)CC)Oc1ccnc2cc(Cl)ccc12.CCN(CC)CCCCC(CCCCN(CC)CC)Oc1ccnc2cc(Cl)ccc12. The minimum Gasteiger partial charge on any atom is -0.490 e. The Morgan fingerprint density at radius 1 is 0.318 bits per heavy atom. The predicted octanol–water partition coefficient (Wildman–Crippen LogP) is 16.9. The van der Waals surface area contributed by atoms with E-state index in [2.05, 4.69) is 127 Å². The maximum absolute atomic E-state index is 6.58. The van der Waals surface area contributed by atoms with Crippen molar-refractivity contribution in [1.29, 1.82) is 0 Å². The molecular weight excluding hydrogens is 1120 g/mol. The fraction of sp³-hybridized carbons (Fsp3) is 0.614. The van der Waals surface area contributed by atoms with E-state index in [0.29, 0.717) is 15.1 Å². The first kappa shape index (κ1) is 73.4. The molecule has 0 aliphatic rings. The third kappa shape index (κ3) is 26.7. The first-order valence-electron chi connectivity index (χ1n) is 32.8. The minimum atomic E-state index is 0.112. The molecule has 0 unspecified atom stereocenters. The molecule has 0 amide bonds. The van der Waals surface area contributed by atoms with E-state index in [1.165, 1.54) is 38.8 Å². The number of nitrogens with zero attached hydrogens (tertiary/aromatic N) is 9. The lowest BCUT2D eigenvalue weighted by molar-refractivity contribution is 0.100. The normalized spacial score (nSPS) is 11.9. The van der Waals surface area contributed by atoms with Gasteiger partial charge in [0.25, 0.3) is 0 Å². The standard InChI is InChI=1S/C26H42ClN3O.C24H38ClN3O.C20H30ClN3O/c1-5-29(6-2)19-11-9-13-23(14-10-12-20-30(7-3)8-4)31-26-17-18-28-25-21-22(27)15-16-24(25)26;1-5-27(6-2)17-9-11-21(12-10-18-28(7-3)8-4)29-24-15-16-26-23-19-20(25)13-14-22(23)24;1-5-23(6-2)14-17(15-24(7-3)8-4)25-20-11-12-22-19-13-16(21)9-10-18(19)20/h15-18,21,23H,5-14,19-20H2,1-4H3;13-16,19,21H,5-12,17-18H2,1-4H3;9-13,17H,5-8,14-15H2,1-4H3. The van der Waals surface area contributed by atoms with E-state index in [1.807, 2.05) is 85.2 Å². The van der Waals surface area contributed by atoms with Crippen LogP contribution in [0.5, 0.6) is 17.2 Å². The molecule has 0 fully saturated rings. The molecule has 15 heteroatoms. The zero-order valence-corrected chi connectivity index (χ0v) is 56.8. The summed E-state index contributed by atoms with van der Waals surface area (Å²) in [6.45, 7) is 46.2. The summed E-state index contributed by atoms with van der Waals surface area (Å²) in [5.41, 5.74) is 2.65. The Kier molecular flexibility index (Phi) is 36.9. The Balaban J connectivity index is 0.000000275. The van der Waals surface area contributed by atoms with Crippen molar-refractivity contribution in [2.45, 2.75) is 166 Å². The first-order chi connectivity index (χ1) is 41.3. The van der Waals surface area contributed by atoms with Crippen molar-refractivity contribution in [1.82, 2.24) is 44.4 Å². The molecule has 3 heterocycles. The Bertz CT molecular complexity index is 2650. The Morgan fingerprint density at radius 2 is 0.576 bits per heavy atom. The molecule has 0 aliphatic heterocycles. The highest BCUT2D eigenvalue weighted by Crippen LogP contribution is 2.31. The molecule has 6 rings (SSSR count). The number of halogens is 3. The molecule has 0 spiro atoms. The lowest BCUT2D eigenvalue weighted by Crippen LogP contribution is -2.43. The molecule has 0 atom stereocenters. The smallest absolute Gasteiger partial charge is 0.130 e. The molecule has 3 aromatic carbocycles. The van der Waals surface area contributed by atoms with Crippen molar-refractivity contribution < 1.29 is 14.2 Å². The predicted molar refractivity (Wildman–Crippen MR) is 366 cm³/mol. The summed E-state index contributed by atoms with van der Waals surface area (Å²) < 4.78 is 19.6. The summed E-state index contributed by atoms with van der Waals surface area (Å²) in [6, 6.07) is 23.4. The number of aromatic nitrogens is 3. The highest BCUT2D eigenvalue weighted by atomic mass is 35.5. The minimum absolute atomic E-state index is 0.112. The van der Waals surface area contributed by atoms with Gasteiger partial charge in [-0.05, 0) is 242 Å². The lowest BCUT2D eigenvalue weighted by Gasteiger charge is -2.30. The molecule has 85 heavy (non-hydrogen) atoms. The number of fused-ring (bicyclic) bond motifs is 3. The number of rotatable bonds is 40. The van der Waals surface area contributed by atoms with Gasteiger partial charge in [-0.15, -0.1) is 0 Å². The van der Waals surface area contributed by atoms with Crippen LogP contribution < -0.4 is 14.2 Å². The van der Waals surface area contributed by atoms with Crippen LogP contribution in [0, 0.1) is 0 Å². The Morgan fingerprint density at radius 3 is 0.859 bits per heavy atom. The van der Waals surface area contributed by atoms with Gasteiger partial charge < -0.3 is 43.6 Å². The molecule has 0 N–H and O–H groups in total. The van der Waals surface area contributed by atoms with Crippen LogP contribution >= 0.6 is 34.8 Å². The Hall–Kier alpha value is -4.08. The highest BCUT2D eigenvalue weighted by Gasteiger charge is 2.20. The van der Waals surface area contributed by atoms with Crippen molar-refractivity contribution in [2.75, 3.05) is 118 Å². The average molecular weight is 1230 g/mol.